The minimum absolute atomic E-state index is 0.0775. The third-order valence-corrected chi connectivity index (χ3v) is 7.55. The van der Waals surface area contributed by atoms with E-state index >= 15 is 0 Å². The lowest BCUT2D eigenvalue weighted by Gasteiger charge is -2.39. The van der Waals surface area contributed by atoms with Crippen LogP contribution in [0, 0.1) is 17.3 Å². The number of amides is 3. The van der Waals surface area contributed by atoms with Crippen LogP contribution in [0.5, 0.6) is 5.75 Å². The molecule has 2 aromatic carbocycles. The van der Waals surface area contributed by atoms with Crippen molar-refractivity contribution < 1.29 is 37.0 Å². The Morgan fingerprint density at radius 3 is 2.10 bits per heavy atom. The Hall–Kier alpha value is -3.76. The quantitative estimate of drug-likeness (QED) is 0.259. The molecule has 1 unspecified atom stereocenters. The highest BCUT2D eigenvalue weighted by atomic mass is 19.4. The van der Waals surface area contributed by atoms with Gasteiger partial charge in [-0.05, 0) is 91.8 Å². The van der Waals surface area contributed by atoms with Crippen molar-refractivity contribution in [2.24, 2.45) is 17.3 Å². The molecule has 0 bridgehead atoms. The van der Waals surface area contributed by atoms with Crippen molar-refractivity contribution in [1.82, 2.24) is 10.6 Å². The maximum absolute atomic E-state index is 13.0. The molecule has 0 saturated heterocycles. The van der Waals surface area contributed by atoms with E-state index in [0.29, 0.717) is 17.2 Å². The summed E-state index contributed by atoms with van der Waals surface area (Å²) in [7, 11) is 0. The number of halogens is 3. The van der Waals surface area contributed by atoms with Crippen molar-refractivity contribution in [2.45, 2.75) is 72.2 Å². The molecular weight excluding hydrogens is 551 g/mol. The van der Waals surface area contributed by atoms with Crippen LogP contribution in [-0.2, 0) is 9.53 Å². The number of esters is 1. The van der Waals surface area contributed by atoms with Crippen LogP contribution in [-0.4, -0.2) is 37.4 Å². The van der Waals surface area contributed by atoms with Gasteiger partial charge in [0.1, 0.15) is 5.75 Å². The molecule has 1 aliphatic carbocycles. The molecule has 3 rings (SSSR count). The average Bonchev–Trinajstić information content (AvgIpc) is 2.92. The molecule has 3 N–H and O–H groups in total. The highest BCUT2D eigenvalue weighted by Crippen LogP contribution is 2.43. The molecule has 0 spiro atoms. The third kappa shape index (κ3) is 10.3. The van der Waals surface area contributed by atoms with Crippen molar-refractivity contribution in [2.75, 3.05) is 18.5 Å². The first kappa shape index (κ1) is 32.8. The van der Waals surface area contributed by atoms with Crippen LogP contribution in [0.1, 0.15) is 81.8 Å². The van der Waals surface area contributed by atoms with Crippen molar-refractivity contribution >= 4 is 23.6 Å². The first-order chi connectivity index (χ1) is 19.7. The number of hydrogen-bond acceptors (Lipinski definition) is 5. The Morgan fingerprint density at radius 2 is 1.55 bits per heavy atom. The predicted molar refractivity (Wildman–Crippen MR) is 153 cm³/mol. The van der Waals surface area contributed by atoms with E-state index in [1.165, 1.54) is 12.1 Å². The van der Waals surface area contributed by atoms with Gasteiger partial charge in [-0.2, -0.15) is 0 Å². The number of rotatable bonds is 10. The van der Waals surface area contributed by atoms with E-state index in [2.05, 4.69) is 41.5 Å². The second-order valence-corrected chi connectivity index (χ2v) is 11.6. The third-order valence-electron chi connectivity index (χ3n) is 7.55. The van der Waals surface area contributed by atoms with Crippen molar-refractivity contribution in [1.29, 1.82) is 0 Å². The summed E-state index contributed by atoms with van der Waals surface area (Å²) in [5, 5.41) is 8.44. The van der Waals surface area contributed by atoms with Crippen LogP contribution in [0.3, 0.4) is 0 Å². The summed E-state index contributed by atoms with van der Waals surface area (Å²) in [6, 6.07) is 11.1. The topological polar surface area (TPSA) is 106 Å². The number of carbonyl (C=O) groups is 3. The lowest BCUT2D eigenvalue weighted by molar-refractivity contribution is -0.274. The number of nitrogens with one attached hydrogen (secondary N) is 3. The van der Waals surface area contributed by atoms with Gasteiger partial charge in [0.25, 0.3) is 5.91 Å². The van der Waals surface area contributed by atoms with Gasteiger partial charge in [-0.25, -0.2) is 4.79 Å². The van der Waals surface area contributed by atoms with E-state index in [-0.39, 0.29) is 54.6 Å². The fourth-order valence-corrected chi connectivity index (χ4v) is 5.30. The molecule has 8 nitrogen and oxygen atoms in total. The second kappa shape index (κ2) is 14.4. The van der Waals surface area contributed by atoms with Crippen LogP contribution in [0.4, 0.5) is 23.7 Å². The maximum atomic E-state index is 13.0. The number of urea groups is 1. The average molecular weight is 592 g/mol. The van der Waals surface area contributed by atoms with E-state index in [9.17, 15) is 27.6 Å². The van der Waals surface area contributed by atoms with E-state index in [0.717, 1.165) is 43.4 Å². The maximum Gasteiger partial charge on any atom is 0.573 e. The smallest absolute Gasteiger partial charge is 0.466 e. The van der Waals surface area contributed by atoms with Gasteiger partial charge < -0.3 is 25.4 Å². The summed E-state index contributed by atoms with van der Waals surface area (Å²) in [5.41, 5.74) is 1.76. The minimum atomic E-state index is -4.80. The summed E-state index contributed by atoms with van der Waals surface area (Å²) in [5.74, 6) is -0.363. The number of benzene rings is 2. The molecule has 0 heterocycles. The summed E-state index contributed by atoms with van der Waals surface area (Å²) in [4.78, 5) is 37.1. The fraction of sp³-hybridized carbons (Fsp3) is 0.516. The highest BCUT2D eigenvalue weighted by molar-refractivity contribution is 5.94. The van der Waals surface area contributed by atoms with Crippen LogP contribution in [0.25, 0.3) is 0 Å². The standard InChI is InChI=1S/C31H40F3N3O5/c1-5-41-26(38)18-19-35-28(39)22-8-6-20(7-9-22)27(21-10-12-23(13-11-21)30(2,3)4)37-29(40)36-24-14-16-25(17-15-24)42-31(32,33)34/h6-9,14-17,21,23,27H,5,10-13,18-19H2,1-4H3,(H,35,39)(H2,36,37,40). The summed E-state index contributed by atoms with van der Waals surface area (Å²) >= 11 is 0. The van der Waals surface area contributed by atoms with Gasteiger partial charge >= 0.3 is 18.4 Å². The van der Waals surface area contributed by atoms with Gasteiger partial charge in [-0.15, -0.1) is 13.2 Å². The van der Waals surface area contributed by atoms with E-state index in [4.69, 9.17) is 4.74 Å². The Balaban J connectivity index is 1.70. The van der Waals surface area contributed by atoms with E-state index in [1.807, 2.05) is 12.1 Å². The summed E-state index contributed by atoms with van der Waals surface area (Å²) < 4.78 is 46.1. The summed E-state index contributed by atoms with van der Waals surface area (Å²) in [6.07, 6.45) is -0.859. The molecule has 1 atom stereocenters. The van der Waals surface area contributed by atoms with E-state index in [1.54, 1.807) is 19.1 Å². The van der Waals surface area contributed by atoms with Gasteiger partial charge in [0.05, 0.1) is 19.1 Å². The van der Waals surface area contributed by atoms with Crippen molar-refractivity contribution in [3.63, 3.8) is 0 Å². The summed E-state index contributed by atoms with van der Waals surface area (Å²) in [6.45, 7) is 8.87. The van der Waals surface area contributed by atoms with Crippen molar-refractivity contribution in [3.05, 3.63) is 59.7 Å². The molecule has 1 aliphatic rings. The molecule has 0 radical (unpaired) electrons. The lowest BCUT2D eigenvalue weighted by atomic mass is 9.68. The molecule has 230 valence electrons. The first-order valence-corrected chi connectivity index (χ1v) is 14.2. The normalized spacial score (nSPS) is 18.0. The molecule has 0 aromatic heterocycles. The Morgan fingerprint density at radius 1 is 0.929 bits per heavy atom. The van der Waals surface area contributed by atoms with Crippen molar-refractivity contribution in [3.8, 4) is 5.75 Å². The zero-order valence-electron chi connectivity index (χ0n) is 24.5. The van der Waals surface area contributed by atoms with Gasteiger partial charge in [-0.1, -0.05) is 32.9 Å². The zero-order chi connectivity index (χ0) is 30.9. The zero-order valence-corrected chi connectivity index (χ0v) is 24.5. The fourth-order valence-electron chi connectivity index (χ4n) is 5.30. The van der Waals surface area contributed by atoms with Gasteiger partial charge in [-0.3, -0.25) is 9.59 Å². The predicted octanol–water partition coefficient (Wildman–Crippen LogP) is 6.98. The highest BCUT2D eigenvalue weighted by Gasteiger charge is 2.34. The number of alkyl halides is 3. The van der Waals surface area contributed by atoms with E-state index < -0.39 is 12.4 Å². The number of carbonyl (C=O) groups excluding carboxylic acids is 3. The van der Waals surface area contributed by atoms with Gasteiger partial charge in [0.15, 0.2) is 0 Å². The number of ether oxygens (including phenoxy) is 2. The SMILES string of the molecule is CCOC(=O)CCNC(=O)c1ccc(C(NC(=O)Nc2ccc(OC(F)(F)F)cc2)C2CCC(C(C)(C)C)CC2)cc1. The first-order valence-electron chi connectivity index (χ1n) is 14.2. The second-order valence-electron chi connectivity index (χ2n) is 11.6. The molecule has 1 saturated carbocycles. The van der Waals surface area contributed by atoms with Crippen LogP contribution in [0.15, 0.2) is 48.5 Å². The molecule has 0 aliphatic heterocycles. The molecule has 42 heavy (non-hydrogen) atoms. The van der Waals surface area contributed by atoms with Gasteiger partial charge in [0, 0.05) is 17.8 Å². The number of anilines is 1. The van der Waals surface area contributed by atoms with Gasteiger partial charge in [0.2, 0.25) is 0 Å². The van der Waals surface area contributed by atoms with Crippen LogP contribution in [0.2, 0.25) is 0 Å². The Bertz CT molecular complexity index is 1190. The Kier molecular flexibility index (Phi) is 11.2. The molecule has 1 fully saturated rings. The lowest BCUT2D eigenvalue weighted by Crippen LogP contribution is -2.38. The number of hydrogen-bond donors (Lipinski definition) is 3. The largest absolute Gasteiger partial charge is 0.573 e. The van der Waals surface area contributed by atoms with Crippen LogP contribution < -0.4 is 20.7 Å². The Labute approximate surface area is 244 Å². The minimum Gasteiger partial charge on any atom is -0.466 e. The van der Waals surface area contributed by atoms with Crippen LogP contribution >= 0.6 is 0 Å². The molecule has 2 aromatic rings. The monoisotopic (exact) mass is 591 g/mol. The molecule has 3 amide bonds. The molecule has 11 heteroatoms. The molecular formula is C31H40F3N3O5.